The zero-order valence-electron chi connectivity index (χ0n) is 11.8. The summed E-state index contributed by atoms with van der Waals surface area (Å²) in [6, 6.07) is 7.81. The molecule has 0 amide bonds. The van der Waals surface area contributed by atoms with E-state index in [-0.39, 0.29) is 5.97 Å². The first kappa shape index (κ1) is 15.1. The highest BCUT2D eigenvalue weighted by Crippen LogP contribution is 2.35. The summed E-state index contributed by atoms with van der Waals surface area (Å²) in [6.07, 6.45) is 8.39. The molecule has 1 aromatic carbocycles. The molecule has 2 rings (SSSR count). The van der Waals surface area contributed by atoms with Crippen LogP contribution in [0.2, 0.25) is 5.02 Å². The van der Waals surface area contributed by atoms with Gasteiger partial charge >= 0.3 is 5.97 Å². The first-order valence-electron chi connectivity index (χ1n) is 7.28. The summed E-state index contributed by atoms with van der Waals surface area (Å²) in [7, 11) is 0. The zero-order chi connectivity index (χ0) is 14.4. The predicted molar refractivity (Wildman–Crippen MR) is 82.6 cm³/mol. The smallest absolute Gasteiger partial charge is 0.306 e. The van der Waals surface area contributed by atoms with Crippen LogP contribution in [0.25, 0.3) is 6.08 Å². The topological polar surface area (TPSA) is 26.3 Å². The molecular weight excluding hydrogens is 272 g/mol. The van der Waals surface area contributed by atoms with Gasteiger partial charge in [0.2, 0.25) is 0 Å². The van der Waals surface area contributed by atoms with E-state index >= 15 is 0 Å². The Morgan fingerprint density at radius 3 is 2.80 bits per heavy atom. The molecule has 1 saturated carbocycles. The van der Waals surface area contributed by atoms with Crippen molar-refractivity contribution in [2.75, 3.05) is 6.61 Å². The van der Waals surface area contributed by atoms with Crippen molar-refractivity contribution in [3.63, 3.8) is 0 Å². The van der Waals surface area contributed by atoms with E-state index < -0.39 is 0 Å². The lowest BCUT2D eigenvalue weighted by atomic mass is 9.92. The molecule has 0 N–H and O–H groups in total. The van der Waals surface area contributed by atoms with Crippen LogP contribution in [-0.4, -0.2) is 12.6 Å². The molecule has 1 fully saturated rings. The van der Waals surface area contributed by atoms with Gasteiger partial charge in [0.15, 0.2) is 0 Å². The highest BCUT2D eigenvalue weighted by Gasteiger charge is 2.27. The van der Waals surface area contributed by atoms with E-state index in [4.69, 9.17) is 16.3 Å². The molecule has 2 atom stereocenters. The minimum absolute atomic E-state index is 0.0655. The van der Waals surface area contributed by atoms with Crippen molar-refractivity contribution in [1.29, 1.82) is 0 Å². The molecule has 0 heterocycles. The second-order valence-electron chi connectivity index (χ2n) is 5.27. The van der Waals surface area contributed by atoms with Crippen molar-refractivity contribution in [3.05, 3.63) is 40.9 Å². The zero-order valence-corrected chi connectivity index (χ0v) is 12.6. The van der Waals surface area contributed by atoms with Crippen molar-refractivity contribution >= 4 is 23.6 Å². The monoisotopic (exact) mass is 292 g/mol. The summed E-state index contributed by atoms with van der Waals surface area (Å²) >= 11 is 5.87. The van der Waals surface area contributed by atoms with Gasteiger partial charge in [-0.3, -0.25) is 4.79 Å². The van der Waals surface area contributed by atoms with Crippen LogP contribution in [0.5, 0.6) is 0 Å². The Morgan fingerprint density at radius 2 is 2.10 bits per heavy atom. The molecule has 108 valence electrons. The number of allylic oxidation sites excluding steroid dienone is 1. The Kier molecular flexibility index (Phi) is 5.66. The van der Waals surface area contributed by atoms with Gasteiger partial charge in [0, 0.05) is 11.4 Å². The van der Waals surface area contributed by atoms with Crippen LogP contribution >= 0.6 is 11.6 Å². The molecule has 0 aliphatic heterocycles. The predicted octanol–water partition coefficient (Wildman–Crippen LogP) is 4.72. The van der Waals surface area contributed by atoms with Crippen LogP contribution in [0.3, 0.4) is 0 Å². The molecule has 1 aliphatic carbocycles. The van der Waals surface area contributed by atoms with Gasteiger partial charge in [-0.1, -0.05) is 42.3 Å². The maximum absolute atomic E-state index is 11.6. The van der Waals surface area contributed by atoms with E-state index in [1.54, 1.807) is 0 Å². The van der Waals surface area contributed by atoms with E-state index in [9.17, 15) is 4.79 Å². The van der Waals surface area contributed by atoms with Gasteiger partial charge in [0.1, 0.15) is 0 Å². The average Bonchev–Trinajstić information content (AvgIpc) is 2.86. The SMILES string of the molecule is CCOC(=O)CC1CCCC1C=Cc1ccc(Cl)cc1. The second-order valence-corrected chi connectivity index (χ2v) is 5.71. The van der Waals surface area contributed by atoms with Crippen LogP contribution < -0.4 is 0 Å². The van der Waals surface area contributed by atoms with E-state index in [1.807, 2.05) is 31.2 Å². The fourth-order valence-electron chi connectivity index (χ4n) is 2.81. The molecule has 3 heteroatoms. The van der Waals surface area contributed by atoms with Crippen molar-refractivity contribution < 1.29 is 9.53 Å². The maximum Gasteiger partial charge on any atom is 0.306 e. The fraction of sp³-hybridized carbons (Fsp3) is 0.471. The first-order valence-corrected chi connectivity index (χ1v) is 7.66. The number of esters is 1. The van der Waals surface area contributed by atoms with Gasteiger partial charge in [0.05, 0.1) is 6.61 Å². The molecule has 1 aliphatic rings. The van der Waals surface area contributed by atoms with Gasteiger partial charge in [-0.05, 0) is 49.3 Å². The van der Waals surface area contributed by atoms with Crippen LogP contribution in [-0.2, 0) is 9.53 Å². The number of carbonyl (C=O) groups excluding carboxylic acids is 1. The lowest BCUT2D eigenvalue weighted by Gasteiger charge is -2.15. The lowest BCUT2D eigenvalue weighted by molar-refractivity contribution is -0.144. The molecular formula is C17H21ClO2. The third kappa shape index (κ3) is 4.38. The Morgan fingerprint density at radius 1 is 1.35 bits per heavy atom. The second kappa shape index (κ2) is 7.49. The number of benzene rings is 1. The number of ether oxygens (including phenoxy) is 1. The lowest BCUT2D eigenvalue weighted by Crippen LogP contribution is -2.14. The van der Waals surface area contributed by atoms with Crippen molar-refractivity contribution in [3.8, 4) is 0 Å². The third-order valence-electron chi connectivity index (χ3n) is 3.86. The number of hydrogen-bond acceptors (Lipinski definition) is 2. The molecule has 0 spiro atoms. The van der Waals surface area contributed by atoms with Gasteiger partial charge < -0.3 is 4.74 Å². The van der Waals surface area contributed by atoms with Gasteiger partial charge in [-0.2, -0.15) is 0 Å². The Hall–Kier alpha value is -1.28. The Balaban J connectivity index is 1.93. The fourth-order valence-corrected chi connectivity index (χ4v) is 2.94. The molecule has 2 unspecified atom stereocenters. The number of halogens is 1. The van der Waals surface area contributed by atoms with Crippen LogP contribution in [0.4, 0.5) is 0 Å². The largest absolute Gasteiger partial charge is 0.466 e. The molecule has 0 aromatic heterocycles. The van der Waals surface area contributed by atoms with Gasteiger partial charge in [0.25, 0.3) is 0 Å². The standard InChI is InChI=1S/C17H21ClO2/c1-2-20-17(19)12-15-5-3-4-14(15)9-6-13-7-10-16(18)11-8-13/h6-11,14-15H,2-5,12H2,1H3. The Bertz CT molecular complexity index is 464. The van der Waals surface area contributed by atoms with Crippen LogP contribution in [0, 0.1) is 11.8 Å². The highest BCUT2D eigenvalue weighted by atomic mass is 35.5. The maximum atomic E-state index is 11.6. The van der Waals surface area contributed by atoms with Crippen molar-refractivity contribution in [2.45, 2.75) is 32.6 Å². The van der Waals surface area contributed by atoms with Crippen LogP contribution in [0.15, 0.2) is 30.3 Å². The Labute approximate surface area is 125 Å². The minimum atomic E-state index is -0.0655. The third-order valence-corrected chi connectivity index (χ3v) is 4.11. The van der Waals surface area contributed by atoms with E-state index in [0.717, 1.165) is 23.4 Å². The van der Waals surface area contributed by atoms with E-state index in [0.29, 0.717) is 24.9 Å². The summed E-state index contributed by atoms with van der Waals surface area (Å²) in [5, 5.41) is 0.753. The van der Waals surface area contributed by atoms with Crippen molar-refractivity contribution in [1.82, 2.24) is 0 Å². The summed E-state index contributed by atoms with van der Waals surface area (Å²) in [4.78, 5) is 11.6. The molecule has 2 nitrogen and oxygen atoms in total. The summed E-state index contributed by atoms with van der Waals surface area (Å²) in [6.45, 7) is 2.32. The number of rotatable bonds is 5. The van der Waals surface area contributed by atoms with E-state index in [2.05, 4.69) is 12.2 Å². The van der Waals surface area contributed by atoms with Gasteiger partial charge in [-0.15, -0.1) is 0 Å². The average molecular weight is 293 g/mol. The first-order chi connectivity index (χ1) is 9.69. The molecule has 0 saturated heterocycles. The van der Waals surface area contributed by atoms with Crippen LogP contribution in [0.1, 0.15) is 38.2 Å². The normalized spacial score (nSPS) is 22.3. The van der Waals surface area contributed by atoms with Gasteiger partial charge in [-0.25, -0.2) is 0 Å². The van der Waals surface area contributed by atoms with E-state index in [1.165, 1.54) is 6.42 Å². The molecule has 0 bridgehead atoms. The minimum Gasteiger partial charge on any atom is -0.466 e. The highest BCUT2D eigenvalue weighted by molar-refractivity contribution is 6.30. The number of carbonyl (C=O) groups is 1. The quantitative estimate of drug-likeness (QED) is 0.734. The molecule has 20 heavy (non-hydrogen) atoms. The van der Waals surface area contributed by atoms with Crippen molar-refractivity contribution in [2.24, 2.45) is 11.8 Å². The molecule has 1 aromatic rings. The summed E-state index contributed by atoms with van der Waals surface area (Å²) in [5.41, 5.74) is 1.15. The molecule has 0 radical (unpaired) electrons. The summed E-state index contributed by atoms with van der Waals surface area (Å²) < 4.78 is 5.05. The summed E-state index contributed by atoms with van der Waals surface area (Å²) in [5.74, 6) is 0.844. The number of hydrogen-bond donors (Lipinski definition) is 0.